The van der Waals surface area contributed by atoms with E-state index in [1.165, 1.54) is 0 Å². The molecule has 0 aliphatic rings. The van der Waals surface area contributed by atoms with Crippen LogP contribution < -0.4 is 11.5 Å². The Hall–Kier alpha value is -3.08. The van der Waals surface area contributed by atoms with Crippen molar-refractivity contribution in [2.24, 2.45) is 0 Å². The van der Waals surface area contributed by atoms with Crippen LogP contribution in [0.3, 0.4) is 0 Å². The van der Waals surface area contributed by atoms with E-state index >= 15 is 0 Å². The fourth-order valence-corrected chi connectivity index (χ4v) is 2.69. The van der Waals surface area contributed by atoms with Gasteiger partial charge in [-0.15, -0.1) is 6.58 Å². The van der Waals surface area contributed by atoms with Gasteiger partial charge in [0.15, 0.2) is 0 Å². The lowest BCUT2D eigenvalue weighted by Gasteiger charge is -2.13. The maximum absolute atomic E-state index is 10.4. The van der Waals surface area contributed by atoms with Gasteiger partial charge in [-0.25, -0.2) is 4.98 Å². The van der Waals surface area contributed by atoms with Crippen molar-refractivity contribution >= 4 is 22.4 Å². The number of hydrogen-bond donors (Lipinski definition) is 3. The van der Waals surface area contributed by atoms with Gasteiger partial charge in [-0.1, -0.05) is 18.2 Å². The molecule has 0 unspecified atom stereocenters. The molecule has 0 saturated carbocycles. The molecule has 0 saturated heterocycles. The van der Waals surface area contributed by atoms with Gasteiger partial charge in [0, 0.05) is 41.5 Å². The molecular weight excluding hydrogens is 288 g/mol. The number of nitrogens with zero attached hydrogens (tertiary/aromatic N) is 2. The summed E-state index contributed by atoms with van der Waals surface area (Å²) in [5.41, 5.74) is 15.6. The average Bonchev–Trinajstić information content (AvgIpc) is 2.54. The lowest BCUT2D eigenvalue weighted by molar-refractivity contribution is 0.474. The molecule has 5 N–H and O–H groups in total. The fraction of sp³-hybridized carbons (Fsp3) is 0.111. The van der Waals surface area contributed by atoms with Crippen molar-refractivity contribution in [3.05, 3.63) is 66.0 Å². The van der Waals surface area contributed by atoms with Crippen LogP contribution in [0, 0.1) is 0 Å². The molecule has 0 bridgehead atoms. The van der Waals surface area contributed by atoms with Crippen LogP contribution in [0.25, 0.3) is 10.9 Å². The highest BCUT2D eigenvalue weighted by Gasteiger charge is 2.13. The molecule has 1 aromatic carbocycles. The van der Waals surface area contributed by atoms with E-state index in [9.17, 15) is 5.11 Å². The summed E-state index contributed by atoms with van der Waals surface area (Å²) in [7, 11) is 0. The molecule has 0 spiro atoms. The van der Waals surface area contributed by atoms with Crippen LogP contribution >= 0.6 is 0 Å². The van der Waals surface area contributed by atoms with Crippen LogP contribution in [-0.4, -0.2) is 15.1 Å². The van der Waals surface area contributed by atoms with Crippen LogP contribution in [0.15, 0.2) is 49.3 Å². The van der Waals surface area contributed by atoms with E-state index in [-0.39, 0.29) is 5.75 Å². The Morgan fingerprint density at radius 1 is 1.13 bits per heavy atom. The van der Waals surface area contributed by atoms with Crippen molar-refractivity contribution < 1.29 is 5.11 Å². The van der Waals surface area contributed by atoms with Crippen LogP contribution in [-0.2, 0) is 12.8 Å². The third-order valence-corrected chi connectivity index (χ3v) is 3.82. The van der Waals surface area contributed by atoms with E-state index in [1.807, 2.05) is 18.2 Å². The van der Waals surface area contributed by atoms with Gasteiger partial charge in [0.2, 0.25) is 0 Å². The molecule has 5 heteroatoms. The minimum atomic E-state index is 0.202. The Morgan fingerprint density at radius 2 is 1.96 bits per heavy atom. The SMILES string of the molecule is C=CCc1cc(Cc2cnc(N)cc2N)c2cccnc2c1O. The number of aromatic hydroxyl groups is 1. The summed E-state index contributed by atoms with van der Waals surface area (Å²) in [6, 6.07) is 7.41. The molecule has 0 aliphatic carbocycles. The maximum Gasteiger partial charge on any atom is 0.145 e. The predicted molar refractivity (Wildman–Crippen MR) is 93.2 cm³/mol. The zero-order valence-corrected chi connectivity index (χ0v) is 12.7. The minimum absolute atomic E-state index is 0.202. The number of pyridine rings is 2. The number of nitrogen functional groups attached to an aromatic ring is 2. The second-order valence-electron chi connectivity index (χ2n) is 5.42. The summed E-state index contributed by atoms with van der Waals surface area (Å²) >= 11 is 0. The number of benzene rings is 1. The highest BCUT2D eigenvalue weighted by molar-refractivity contribution is 5.89. The van der Waals surface area contributed by atoms with Crippen LogP contribution in [0.4, 0.5) is 11.5 Å². The van der Waals surface area contributed by atoms with E-state index in [4.69, 9.17) is 11.5 Å². The molecule has 3 rings (SSSR count). The number of anilines is 2. The quantitative estimate of drug-likeness (QED) is 0.644. The number of hydrogen-bond acceptors (Lipinski definition) is 5. The Kier molecular flexibility index (Phi) is 3.85. The van der Waals surface area contributed by atoms with E-state index in [1.54, 1.807) is 24.5 Å². The third-order valence-electron chi connectivity index (χ3n) is 3.82. The van der Waals surface area contributed by atoms with Gasteiger partial charge in [-0.3, -0.25) is 4.98 Å². The summed E-state index contributed by atoms with van der Waals surface area (Å²) in [4.78, 5) is 8.42. The van der Waals surface area contributed by atoms with Crippen molar-refractivity contribution in [3.63, 3.8) is 0 Å². The van der Waals surface area contributed by atoms with Crippen LogP contribution in [0.2, 0.25) is 0 Å². The van der Waals surface area contributed by atoms with Crippen molar-refractivity contribution in [1.29, 1.82) is 0 Å². The van der Waals surface area contributed by atoms with Gasteiger partial charge in [-0.2, -0.15) is 0 Å². The lowest BCUT2D eigenvalue weighted by atomic mass is 9.96. The monoisotopic (exact) mass is 306 g/mol. The Morgan fingerprint density at radius 3 is 2.70 bits per heavy atom. The van der Waals surface area contributed by atoms with Gasteiger partial charge in [-0.05, 0) is 23.6 Å². The number of fused-ring (bicyclic) bond motifs is 1. The Labute approximate surface area is 134 Å². The first kappa shape index (κ1) is 14.8. The van der Waals surface area contributed by atoms with E-state index < -0.39 is 0 Å². The Balaban J connectivity index is 2.15. The smallest absolute Gasteiger partial charge is 0.145 e. The first-order chi connectivity index (χ1) is 11.1. The van der Waals surface area contributed by atoms with Gasteiger partial charge >= 0.3 is 0 Å². The van der Waals surface area contributed by atoms with Gasteiger partial charge in [0.05, 0.1) is 0 Å². The molecule has 0 radical (unpaired) electrons. The number of phenolic OH excluding ortho intramolecular Hbond substituents is 1. The van der Waals surface area contributed by atoms with Crippen LogP contribution in [0.1, 0.15) is 16.7 Å². The molecule has 2 aromatic heterocycles. The molecule has 116 valence electrons. The fourth-order valence-electron chi connectivity index (χ4n) is 2.69. The molecular formula is C18H18N4O. The second-order valence-corrected chi connectivity index (χ2v) is 5.42. The number of rotatable bonds is 4. The highest BCUT2D eigenvalue weighted by Crippen LogP contribution is 2.32. The second kappa shape index (κ2) is 5.96. The summed E-state index contributed by atoms with van der Waals surface area (Å²) < 4.78 is 0. The molecule has 0 amide bonds. The molecule has 2 heterocycles. The molecule has 0 atom stereocenters. The Bertz CT molecular complexity index is 890. The summed E-state index contributed by atoms with van der Waals surface area (Å²) in [5.74, 6) is 0.600. The van der Waals surface area contributed by atoms with Gasteiger partial charge in [0.1, 0.15) is 17.1 Å². The first-order valence-corrected chi connectivity index (χ1v) is 7.29. The number of aromatic nitrogens is 2. The first-order valence-electron chi connectivity index (χ1n) is 7.29. The molecule has 0 fully saturated rings. The summed E-state index contributed by atoms with van der Waals surface area (Å²) in [5, 5.41) is 11.3. The molecule has 5 nitrogen and oxygen atoms in total. The largest absolute Gasteiger partial charge is 0.505 e. The minimum Gasteiger partial charge on any atom is -0.505 e. The zero-order chi connectivity index (χ0) is 16.4. The van der Waals surface area contributed by atoms with Crippen molar-refractivity contribution in [2.45, 2.75) is 12.8 Å². The maximum atomic E-state index is 10.4. The van der Waals surface area contributed by atoms with Gasteiger partial charge in [0.25, 0.3) is 0 Å². The van der Waals surface area contributed by atoms with Crippen LogP contribution in [0.5, 0.6) is 5.75 Å². The number of phenols is 1. The predicted octanol–water partition coefficient (Wildman–Crippen LogP) is 2.82. The average molecular weight is 306 g/mol. The molecule has 3 aromatic rings. The topological polar surface area (TPSA) is 98.0 Å². The summed E-state index contributed by atoms with van der Waals surface area (Å²) in [6.07, 6.45) is 6.27. The number of nitrogens with two attached hydrogens (primary N) is 2. The third kappa shape index (κ3) is 2.81. The number of allylic oxidation sites excluding steroid dienone is 1. The van der Waals surface area contributed by atoms with Crippen molar-refractivity contribution in [3.8, 4) is 5.75 Å². The lowest BCUT2D eigenvalue weighted by Crippen LogP contribution is -2.01. The van der Waals surface area contributed by atoms with E-state index in [0.717, 1.165) is 22.1 Å². The standard InChI is InChI=1S/C18H18N4O/c1-2-4-11-7-12(8-13-10-22-16(20)9-15(13)19)14-5-3-6-21-17(14)18(11)23/h2-3,5-7,9-10,23H,1,4,8H2,(H4,19,20,22). The molecule has 0 aliphatic heterocycles. The van der Waals surface area contributed by atoms with Crippen molar-refractivity contribution in [2.75, 3.05) is 11.5 Å². The van der Waals surface area contributed by atoms with Crippen molar-refractivity contribution in [1.82, 2.24) is 9.97 Å². The normalized spacial score (nSPS) is 10.8. The molecule has 23 heavy (non-hydrogen) atoms. The van der Waals surface area contributed by atoms with E-state index in [2.05, 4.69) is 16.5 Å². The van der Waals surface area contributed by atoms with E-state index in [0.29, 0.717) is 29.9 Å². The zero-order valence-electron chi connectivity index (χ0n) is 12.7. The van der Waals surface area contributed by atoms with Gasteiger partial charge < -0.3 is 16.6 Å². The highest BCUT2D eigenvalue weighted by atomic mass is 16.3. The summed E-state index contributed by atoms with van der Waals surface area (Å²) in [6.45, 7) is 3.74.